The first-order chi connectivity index (χ1) is 14.1. The Bertz CT molecular complexity index is 1180. The Hall–Kier alpha value is -3.01. The quantitative estimate of drug-likeness (QED) is 0.603. The highest BCUT2D eigenvalue weighted by Gasteiger charge is 2.45. The Kier molecular flexibility index (Phi) is 4.57. The number of anilines is 1. The molecule has 0 aromatic carbocycles. The SMILES string of the molecule is [B]C1([B])Cc2ncc(-c3c(C)noc3C)cc2C([B])([B])N1c1nnc(C#N)cc1C. The molecule has 0 atom stereocenters. The van der Waals surface area contributed by atoms with Crippen molar-refractivity contribution < 1.29 is 4.52 Å². The number of rotatable bonds is 2. The van der Waals surface area contributed by atoms with Gasteiger partial charge in [-0.1, -0.05) is 5.16 Å². The molecule has 3 aromatic rings. The van der Waals surface area contributed by atoms with Crippen molar-refractivity contribution in [2.75, 3.05) is 4.90 Å². The van der Waals surface area contributed by atoms with E-state index in [1.807, 2.05) is 26.0 Å². The van der Waals surface area contributed by atoms with Crippen molar-refractivity contribution in [2.45, 2.75) is 37.9 Å². The topological polar surface area (TPSA) is 91.7 Å². The van der Waals surface area contributed by atoms with Crippen molar-refractivity contribution >= 4 is 37.2 Å². The van der Waals surface area contributed by atoms with Gasteiger partial charge in [0.05, 0.1) is 37.1 Å². The fourth-order valence-electron chi connectivity index (χ4n) is 3.95. The van der Waals surface area contributed by atoms with Gasteiger partial charge in [0.25, 0.3) is 0 Å². The van der Waals surface area contributed by atoms with Crippen LogP contribution in [-0.2, 0) is 11.8 Å². The molecule has 11 heteroatoms. The molecule has 4 rings (SSSR count). The van der Waals surface area contributed by atoms with Crippen LogP contribution in [0.15, 0.2) is 22.9 Å². The zero-order valence-electron chi connectivity index (χ0n) is 16.8. The van der Waals surface area contributed by atoms with Gasteiger partial charge < -0.3 is 9.42 Å². The van der Waals surface area contributed by atoms with E-state index in [1.54, 1.807) is 19.2 Å². The molecule has 0 spiro atoms. The van der Waals surface area contributed by atoms with Crippen LogP contribution in [0.1, 0.15) is 34.0 Å². The molecule has 1 aliphatic heterocycles. The van der Waals surface area contributed by atoms with Crippen LogP contribution in [0.5, 0.6) is 0 Å². The maximum absolute atomic E-state index is 9.08. The highest BCUT2D eigenvalue weighted by atomic mass is 16.5. The zero-order chi connectivity index (χ0) is 21.8. The number of aromatic nitrogens is 4. The minimum atomic E-state index is -1.65. The molecule has 4 heterocycles. The number of fused-ring (bicyclic) bond motifs is 1. The molecular weight excluding hydrogens is 371 g/mol. The van der Waals surface area contributed by atoms with Crippen molar-refractivity contribution in [3.8, 4) is 17.2 Å². The van der Waals surface area contributed by atoms with Gasteiger partial charge >= 0.3 is 0 Å². The molecular formula is C19H14B4N6O. The third-order valence-electron chi connectivity index (χ3n) is 5.25. The van der Waals surface area contributed by atoms with Gasteiger partial charge in [0.15, 0.2) is 11.5 Å². The molecule has 0 N–H and O–H groups in total. The Morgan fingerprint density at radius 3 is 2.47 bits per heavy atom. The normalized spacial score (nSPS) is 16.7. The second-order valence-corrected chi connectivity index (χ2v) is 7.59. The Morgan fingerprint density at radius 2 is 1.87 bits per heavy atom. The maximum atomic E-state index is 9.08. The molecule has 0 aliphatic carbocycles. The number of pyridine rings is 1. The van der Waals surface area contributed by atoms with Gasteiger partial charge in [-0.25, -0.2) is 0 Å². The van der Waals surface area contributed by atoms with Gasteiger partial charge in [0, 0.05) is 23.0 Å². The minimum absolute atomic E-state index is 0.162. The highest BCUT2D eigenvalue weighted by Crippen LogP contribution is 2.41. The standard InChI is InChI=1S/C19H14B4N6O/c1-9-4-13(7-24)26-27-17(9)29-18(20,21)6-15-14(19(29,22)23)5-12(8-25-15)16-10(2)28-30-11(16)3/h4-5,8H,6H2,1-3H3. The molecule has 0 fully saturated rings. The van der Waals surface area contributed by atoms with E-state index in [2.05, 4.69) is 20.3 Å². The molecule has 0 amide bonds. The Balaban J connectivity index is 1.90. The lowest BCUT2D eigenvalue weighted by Crippen LogP contribution is -2.66. The van der Waals surface area contributed by atoms with Crippen LogP contribution in [-0.4, -0.2) is 57.1 Å². The first-order valence-electron chi connectivity index (χ1n) is 9.19. The van der Waals surface area contributed by atoms with E-state index in [1.165, 1.54) is 4.90 Å². The summed E-state index contributed by atoms with van der Waals surface area (Å²) >= 11 is 0. The molecule has 0 saturated heterocycles. The summed E-state index contributed by atoms with van der Waals surface area (Å²) in [7, 11) is 26.0. The first kappa shape index (κ1) is 20.3. The van der Waals surface area contributed by atoms with E-state index in [9.17, 15) is 0 Å². The lowest BCUT2D eigenvalue weighted by atomic mass is 9.46. The van der Waals surface area contributed by atoms with Crippen LogP contribution in [0.2, 0.25) is 0 Å². The monoisotopic (exact) mass is 386 g/mol. The molecule has 30 heavy (non-hydrogen) atoms. The molecule has 0 saturated carbocycles. The van der Waals surface area contributed by atoms with Crippen molar-refractivity contribution in [1.29, 1.82) is 5.26 Å². The number of nitrogens with zero attached hydrogens (tertiary/aromatic N) is 6. The predicted octanol–water partition coefficient (Wildman–Crippen LogP) is 0.824. The van der Waals surface area contributed by atoms with Crippen LogP contribution in [0, 0.1) is 32.1 Å². The van der Waals surface area contributed by atoms with E-state index in [-0.39, 0.29) is 17.9 Å². The van der Waals surface area contributed by atoms with Crippen LogP contribution in [0.4, 0.5) is 5.82 Å². The number of hydrogen-bond donors (Lipinski definition) is 0. The van der Waals surface area contributed by atoms with Crippen LogP contribution >= 0.6 is 0 Å². The molecule has 138 valence electrons. The molecule has 0 bridgehead atoms. The van der Waals surface area contributed by atoms with E-state index < -0.39 is 10.7 Å². The summed E-state index contributed by atoms with van der Waals surface area (Å²) < 4.78 is 5.27. The second kappa shape index (κ2) is 6.76. The third-order valence-corrected chi connectivity index (χ3v) is 5.25. The molecule has 3 aromatic heterocycles. The summed E-state index contributed by atoms with van der Waals surface area (Å²) in [4.78, 5) is 5.95. The fourth-order valence-corrected chi connectivity index (χ4v) is 3.95. The summed E-state index contributed by atoms with van der Waals surface area (Å²) in [5, 5.41) is 18.0. The van der Waals surface area contributed by atoms with E-state index in [4.69, 9.17) is 41.2 Å². The van der Waals surface area contributed by atoms with Crippen molar-refractivity contribution in [1.82, 2.24) is 20.3 Å². The second-order valence-electron chi connectivity index (χ2n) is 7.59. The molecule has 0 unspecified atom stereocenters. The van der Waals surface area contributed by atoms with Crippen molar-refractivity contribution in [3.05, 3.63) is 52.3 Å². The lowest BCUT2D eigenvalue weighted by molar-refractivity contribution is 0.393. The first-order valence-corrected chi connectivity index (χ1v) is 9.19. The van der Waals surface area contributed by atoms with Crippen molar-refractivity contribution in [2.24, 2.45) is 0 Å². The summed E-state index contributed by atoms with van der Waals surface area (Å²) in [5.41, 5.74) is 4.19. The van der Waals surface area contributed by atoms with E-state index in [0.29, 0.717) is 22.6 Å². The van der Waals surface area contributed by atoms with Gasteiger partial charge in [-0.05, 0) is 61.1 Å². The van der Waals surface area contributed by atoms with Gasteiger partial charge in [0.2, 0.25) is 0 Å². The minimum Gasteiger partial charge on any atom is -0.374 e. The molecule has 1 aliphatic rings. The fraction of sp³-hybridized carbons (Fsp3) is 0.316. The average Bonchev–Trinajstić information content (AvgIpc) is 3.00. The summed E-state index contributed by atoms with van der Waals surface area (Å²) in [6.45, 7) is 5.42. The number of aryl methyl sites for hydroxylation is 3. The zero-order valence-corrected chi connectivity index (χ0v) is 16.8. The summed E-state index contributed by atoms with van der Waals surface area (Å²) in [6.07, 6.45) is 1.86. The van der Waals surface area contributed by atoms with Crippen molar-refractivity contribution in [3.63, 3.8) is 0 Å². The van der Waals surface area contributed by atoms with Crippen LogP contribution in [0.25, 0.3) is 11.1 Å². The Morgan fingerprint density at radius 1 is 1.13 bits per heavy atom. The van der Waals surface area contributed by atoms with E-state index in [0.717, 1.165) is 16.8 Å². The number of hydrogen-bond acceptors (Lipinski definition) is 7. The lowest BCUT2D eigenvalue weighted by Gasteiger charge is -2.56. The average molecular weight is 386 g/mol. The van der Waals surface area contributed by atoms with Crippen LogP contribution < -0.4 is 4.90 Å². The third kappa shape index (κ3) is 3.02. The number of nitriles is 1. The van der Waals surface area contributed by atoms with Gasteiger partial charge in [0.1, 0.15) is 11.8 Å². The summed E-state index contributed by atoms with van der Waals surface area (Å²) in [5.74, 6) is 0.944. The maximum Gasteiger partial charge on any atom is 0.163 e. The van der Waals surface area contributed by atoms with E-state index >= 15 is 0 Å². The van der Waals surface area contributed by atoms with Gasteiger partial charge in [-0.3, -0.25) is 4.98 Å². The van der Waals surface area contributed by atoms with Gasteiger partial charge in [-0.15, -0.1) is 10.2 Å². The van der Waals surface area contributed by atoms with Gasteiger partial charge in [-0.2, -0.15) is 5.26 Å². The largest absolute Gasteiger partial charge is 0.374 e. The molecule has 8 radical (unpaired) electrons. The summed E-state index contributed by atoms with van der Waals surface area (Å²) in [6, 6.07) is 5.36. The van der Waals surface area contributed by atoms with Crippen LogP contribution in [0.3, 0.4) is 0 Å². The molecule has 7 nitrogen and oxygen atoms in total. The Labute approximate surface area is 179 Å². The highest BCUT2D eigenvalue weighted by molar-refractivity contribution is 6.48. The predicted molar refractivity (Wildman–Crippen MR) is 114 cm³/mol. The smallest absolute Gasteiger partial charge is 0.163 e.